The summed E-state index contributed by atoms with van der Waals surface area (Å²) in [6, 6.07) is 2.51. The molecule has 7 nitrogen and oxygen atoms in total. The van der Waals surface area contributed by atoms with E-state index in [1.165, 1.54) is 17.2 Å². The standard InChI is InChI=1S/C14H17FN4O3/c1-4-21-9(2)13-17-12(22-18-13)8-19(3)14(20)10-5-6-11(15)16-7-10/h5-7,9H,4,8H2,1-3H3/t9-/m1/s1. The Labute approximate surface area is 127 Å². The zero-order chi connectivity index (χ0) is 16.1. The molecular weight excluding hydrogens is 291 g/mol. The highest BCUT2D eigenvalue weighted by molar-refractivity contribution is 5.93. The molecule has 1 atom stereocenters. The van der Waals surface area contributed by atoms with Crippen LogP contribution in [0.2, 0.25) is 0 Å². The van der Waals surface area contributed by atoms with Gasteiger partial charge in [-0.3, -0.25) is 4.79 Å². The zero-order valence-electron chi connectivity index (χ0n) is 12.6. The van der Waals surface area contributed by atoms with Crippen molar-refractivity contribution < 1.29 is 18.4 Å². The first-order chi connectivity index (χ1) is 10.5. The van der Waals surface area contributed by atoms with Crippen molar-refractivity contribution in [3.63, 3.8) is 0 Å². The Morgan fingerprint density at radius 1 is 1.50 bits per heavy atom. The van der Waals surface area contributed by atoms with Gasteiger partial charge in [0.15, 0.2) is 5.82 Å². The minimum atomic E-state index is -0.634. The SMILES string of the molecule is CCO[C@H](C)c1noc(CN(C)C(=O)c2ccc(F)nc2)n1. The highest BCUT2D eigenvalue weighted by atomic mass is 19.1. The van der Waals surface area contributed by atoms with Crippen molar-refractivity contribution in [1.82, 2.24) is 20.0 Å². The lowest BCUT2D eigenvalue weighted by molar-refractivity contribution is 0.0682. The molecule has 0 saturated heterocycles. The number of halogens is 1. The Bertz CT molecular complexity index is 629. The highest BCUT2D eigenvalue weighted by Gasteiger charge is 2.18. The Balaban J connectivity index is 2.01. The van der Waals surface area contributed by atoms with E-state index in [2.05, 4.69) is 15.1 Å². The van der Waals surface area contributed by atoms with Gasteiger partial charge in [0.2, 0.25) is 11.8 Å². The van der Waals surface area contributed by atoms with E-state index >= 15 is 0 Å². The van der Waals surface area contributed by atoms with Crippen LogP contribution >= 0.6 is 0 Å². The van der Waals surface area contributed by atoms with Gasteiger partial charge in [-0.1, -0.05) is 5.16 Å². The predicted molar refractivity (Wildman–Crippen MR) is 74.3 cm³/mol. The summed E-state index contributed by atoms with van der Waals surface area (Å²) in [4.78, 5) is 21.2. The smallest absolute Gasteiger partial charge is 0.255 e. The Morgan fingerprint density at radius 2 is 2.27 bits per heavy atom. The molecule has 0 aromatic carbocycles. The number of amides is 1. The molecule has 0 aliphatic heterocycles. The van der Waals surface area contributed by atoms with Crippen LogP contribution in [-0.4, -0.2) is 39.6 Å². The first-order valence-electron chi connectivity index (χ1n) is 6.82. The van der Waals surface area contributed by atoms with E-state index < -0.39 is 5.95 Å². The summed E-state index contributed by atoms with van der Waals surface area (Å²) < 4.78 is 23.2. The maximum absolute atomic E-state index is 12.8. The fourth-order valence-electron chi connectivity index (χ4n) is 1.82. The summed E-state index contributed by atoms with van der Waals surface area (Å²) >= 11 is 0. The van der Waals surface area contributed by atoms with Crippen molar-refractivity contribution in [2.75, 3.05) is 13.7 Å². The first kappa shape index (κ1) is 16.0. The van der Waals surface area contributed by atoms with E-state index in [4.69, 9.17) is 9.26 Å². The van der Waals surface area contributed by atoms with Gasteiger partial charge in [0.05, 0.1) is 12.1 Å². The maximum Gasteiger partial charge on any atom is 0.255 e. The average Bonchev–Trinajstić information content (AvgIpc) is 2.96. The third kappa shape index (κ3) is 3.85. The monoisotopic (exact) mass is 308 g/mol. The minimum absolute atomic E-state index is 0.141. The van der Waals surface area contributed by atoms with E-state index in [1.807, 2.05) is 13.8 Å². The molecule has 2 heterocycles. The second kappa shape index (κ2) is 7.08. The lowest BCUT2D eigenvalue weighted by Gasteiger charge is -2.14. The van der Waals surface area contributed by atoms with Gasteiger partial charge in [0.25, 0.3) is 5.91 Å². The molecule has 0 aliphatic rings. The van der Waals surface area contributed by atoms with Gasteiger partial charge in [-0.05, 0) is 26.0 Å². The van der Waals surface area contributed by atoms with Gasteiger partial charge in [-0.2, -0.15) is 9.37 Å². The summed E-state index contributed by atoms with van der Waals surface area (Å²) in [5.74, 6) is -0.218. The number of ether oxygens (including phenoxy) is 1. The number of pyridine rings is 1. The summed E-state index contributed by atoms with van der Waals surface area (Å²) in [6.07, 6.45) is 0.912. The van der Waals surface area contributed by atoms with Gasteiger partial charge >= 0.3 is 0 Å². The second-order valence-electron chi connectivity index (χ2n) is 4.67. The number of carbonyl (C=O) groups excluding carboxylic acids is 1. The van der Waals surface area contributed by atoms with Crippen molar-refractivity contribution >= 4 is 5.91 Å². The number of carbonyl (C=O) groups is 1. The van der Waals surface area contributed by atoms with Crippen LogP contribution in [0.3, 0.4) is 0 Å². The molecule has 2 aromatic heterocycles. The van der Waals surface area contributed by atoms with Gasteiger partial charge in [0.1, 0.15) is 6.10 Å². The summed E-state index contributed by atoms with van der Waals surface area (Å²) in [7, 11) is 1.58. The number of rotatable bonds is 6. The van der Waals surface area contributed by atoms with Gasteiger partial charge < -0.3 is 14.2 Å². The second-order valence-corrected chi connectivity index (χ2v) is 4.67. The number of nitrogens with zero attached hydrogens (tertiary/aromatic N) is 4. The van der Waals surface area contributed by atoms with E-state index in [9.17, 15) is 9.18 Å². The summed E-state index contributed by atoms with van der Waals surface area (Å²) in [5, 5.41) is 3.82. The number of hydrogen-bond donors (Lipinski definition) is 0. The van der Waals surface area contributed by atoms with E-state index in [1.54, 1.807) is 7.05 Å². The Morgan fingerprint density at radius 3 is 2.91 bits per heavy atom. The van der Waals surface area contributed by atoms with E-state index in [0.717, 1.165) is 6.07 Å². The summed E-state index contributed by atoms with van der Waals surface area (Å²) in [5.41, 5.74) is 0.284. The van der Waals surface area contributed by atoms with Gasteiger partial charge in [-0.25, -0.2) is 4.98 Å². The van der Waals surface area contributed by atoms with Crippen molar-refractivity contribution in [3.05, 3.63) is 41.6 Å². The molecule has 2 aromatic rings. The van der Waals surface area contributed by atoms with E-state index in [-0.39, 0.29) is 24.1 Å². The zero-order valence-corrected chi connectivity index (χ0v) is 12.6. The lowest BCUT2D eigenvalue weighted by Crippen LogP contribution is -2.26. The molecule has 118 valence electrons. The van der Waals surface area contributed by atoms with Crippen LogP contribution in [0.15, 0.2) is 22.9 Å². The van der Waals surface area contributed by atoms with Crippen molar-refractivity contribution in [3.8, 4) is 0 Å². The topological polar surface area (TPSA) is 81.4 Å². The molecule has 8 heteroatoms. The predicted octanol–water partition coefficient (Wildman–Crippen LogP) is 1.97. The molecule has 0 aliphatic carbocycles. The minimum Gasteiger partial charge on any atom is -0.371 e. The Hall–Kier alpha value is -2.35. The van der Waals surface area contributed by atoms with Crippen molar-refractivity contribution in [1.29, 1.82) is 0 Å². The fourth-order valence-corrected chi connectivity index (χ4v) is 1.82. The quantitative estimate of drug-likeness (QED) is 0.759. The Kier molecular flexibility index (Phi) is 5.16. The molecule has 0 N–H and O–H groups in total. The maximum atomic E-state index is 12.8. The van der Waals surface area contributed by atoms with Crippen LogP contribution in [0, 0.1) is 5.95 Å². The summed E-state index contributed by atoms with van der Waals surface area (Å²) in [6.45, 7) is 4.38. The van der Waals surface area contributed by atoms with Gasteiger partial charge in [0, 0.05) is 19.9 Å². The van der Waals surface area contributed by atoms with Crippen LogP contribution in [0.25, 0.3) is 0 Å². The molecule has 2 rings (SSSR count). The van der Waals surface area contributed by atoms with Crippen molar-refractivity contribution in [2.24, 2.45) is 0 Å². The molecule has 1 amide bonds. The largest absolute Gasteiger partial charge is 0.371 e. The third-order valence-corrected chi connectivity index (χ3v) is 2.96. The molecular formula is C14H17FN4O3. The fraction of sp³-hybridized carbons (Fsp3) is 0.429. The normalized spacial score (nSPS) is 12.2. The number of aromatic nitrogens is 3. The van der Waals surface area contributed by atoms with Crippen LogP contribution in [0.5, 0.6) is 0 Å². The molecule has 0 saturated carbocycles. The molecule has 0 bridgehead atoms. The molecule has 0 fully saturated rings. The molecule has 22 heavy (non-hydrogen) atoms. The molecule has 0 spiro atoms. The van der Waals surface area contributed by atoms with Crippen molar-refractivity contribution in [2.45, 2.75) is 26.5 Å². The van der Waals surface area contributed by atoms with Crippen LogP contribution in [0.1, 0.15) is 42.0 Å². The lowest BCUT2D eigenvalue weighted by atomic mass is 10.2. The number of hydrogen-bond acceptors (Lipinski definition) is 6. The van der Waals surface area contributed by atoms with E-state index in [0.29, 0.717) is 18.3 Å². The third-order valence-electron chi connectivity index (χ3n) is 2.96. The van der Waals surface area contributed by atoms with Crippen LogP contribution in [-0.2, 0) is 11.3 Å². The van der Waals surface area contributed by atoms with Crippen LogP contribution < -0.4 is 0 Å². The highest BCUT2D eigenvalue weighted by Crippen LogP contribution is 2.14. The van der Waals surface area contributed by atoms with Crippen LogP contribution in [0.4, 0.5) is 4.39 Å². The average molecular weight is 308 g/mol. The molecule has 0 unspecified atom stereocenters. The first-order valence-corrected chi connectivity index (χ1v) is 6.82. The van der Waals surface area contributed by atoms with Gasteiger partial charge in [-0.15, -0.1) is 0 Å². The molecule has 0 radical (unpaired) electrons.